The molecule has 0 aromatic rings. The molecule has 0 amide bonds. The van der Waals surface area contributed by atoms with E-state index in [1.54, 1.807) is 0 Å². The van der Waals surface area contributed by atoms with Crippen molar-refractivity contribution in [3.05, 3.63) is 0 Å². The van der Waals surface area contributed by atoms with Gasteiger partial charge in [0.25, 0.3) is 0 Å². The fourth-order valence-electron chi connectivity index (χ4n) is 1.41. The topological polar surface area (TPSA) is 54.0 Å². The summed E-state index contributed by atoms with van der Waals surface area (Å²) in [5.74, 6) is 0. The minimum Gasteiger partial charge on any atom is -0.434 e. The molecule has 5 heteroatoms. The number of rotatable bonds is 12. The molecule has 0 spiro atoms. The van der Waals surface area contributed by atoms with Crippen molar-refractivity contribution in [1.29, 1.82) is 0 Å². The van der Waals surface area contributed by atoms with Crippen LogP contribution in [0.2, 0.25) is 0 Å². The van der Waals surface area contributed by atoms with Crippen molar-refractivity contribution in [2.45, 2.75) is 52.6 Å². The van der Waals surface area contributed by atoms with Crippen molar-refractivity contribution >= 4 is 6.16 Å². The van der Waals surface area contributed by atoms with Crippen LogP contribution in [0.1, 0.15) is 46.5 Å². The average Bonchev–Trinajstić information content (AvgIpc) is 2.41. The molecule has 19 heavy (non-hydrogen) atoms. The monoisotopic (exact) mass is 276 g/mol. The number of carbonyl (C=O) groups excluding carboxylic acids is 1. The number of ether oxygens (including phenoxy) is 4. The lowest BCUT2D eigenvalue weighted by atomic mass is 10.2. The number of unbranched alkanes of at least 4 members (excludes halogenated alkanes) is 3. The van der Waals surface area contributed by atoms with Gasteiger partial charge in [0, 0.05) is 6.61 Å². The highest BCUT2D eigenvalue weighted by Gasteiger charge is 2.08. The zero-order valence-corrected chi connectivity index (χ0v) is 12.5. The Labute approximate surface area is 116 Å². The molecular formula is C14H28O5. The van der Waals surface area contributed by atoms with Gasteiger partial charge in [-0.05, 0) is 20.3 Å². The molecule has 0 rings (SSSR count). The molecule has 1 unspecified atom stereocenters. The first kappa shape index (κ1) is 18.2. The Kier molecular flexibility index (Phi) is 13.0. The Hall–Kier alpha value is -0.810. The molecule has 0 saturated carbocycles. The van der Waals surface area contributed by atoms with Crippen LogP contribution in [0.5, 0.6) is 0 Å². The second kappa shape index (κ2) is 13.6. The summed E-state index contributed by atoms with van der Waals surface area (Å²) in [4.78, 5) is 11.2. The minimum absolute atomic E-state index is 0.145. The summed E-state index contributed by atoms with van der Waals surface area (Å²) in [6, 6.07) is 0. The van der Waals surface area contributed by atoms with Gasteiger partial charge in [-0.15, -0.1) is 0 Å². The van der Waals surface area contributed by atoms with Gasteiger partial charge in [0.1, 0.15) is 6.61 Å². The smallest absolute Gasteiger partial charge is 0.434 e. The first-order valence-electron chi connectivity index (χ1n) is 7.19. The third-order valence-corrected chi connectivity index (χ3v) is 2.49. The van der Waals surface area contributed by atoms with E-state index in [-0.39, 0.29) is 12.7 Å². The molecule has 0 saturated heterocycles. The highest BCUT2D eigenvalue weighted by Crippen LogP contribution is 2.00. The van der Waals surface area contributed by atoms with E-state index in [9.17, 15) is 4.79 Å². The highest BCUT2D eigenvalue weighted by atomic mass is 16.7. The van der Waals surface area contributed by atoms with Gasteiger partial charge in [-0.1, -0.05) is 26.2 Å². The van der Waals surface area contributed by atoms with Crippen molar-refractivity contribution in [2.75, 3.05) is 33.0 Å². The van der Waals surface area contributed by atoms with E-state index in [2.05, 4.69) is 6.92 Å². The van der Waals surface area contributed by atoms with Crippen molar-refractivity contribution in [1.82, 2.24) is 0 Å². The predicted octanol–water partition coefficient (Wildman–Crippen LogP) is 3.16. The Morgan fingerprint density at radius 2 is 1.79 bits per heavy atom. The van der Waals surface area contributed by atoms with Crippen molar-refractivity contribution in [3.8, 4) is 0 Å². The maximum absolute atomic E-state index is 11.2. The van der Waals surface area contributed by atoms with Crippen LogP contribution in [-0.2, 0) is 18.9 Å². The zero-order chi connectivity index (χ0) is 14.3. The van der Waals surface area contributed by atoms with Crippen LogP contribution in [0, 0.1) is 0 Å². The van der Waals surface area contributed by atoms with Crippen LogP contribution in [-0.4, -0.2) is 45.3 Å². The lowest BCUT2D eigenvalue weighted by Crippen LogP contribution is -2.21. The summed E-state index contributed by atoms with van der Waals surface area (Å²) in [6.45, 7) is 8.30. The van der Waals surface area contributed by atoms with Gasteiger partial charge in [-0.2, -0.15) is 0 Å². The Balaban J connectivity index is 3.35. The van der Waals surface area contributed by atoms with Crippen LogP contribution >= 0.6 is 0 Å². The van der Waals surface area contributed by atoms with Gasteiger partial charge in [-0.3, -0.25) is 0 Å². The minimum atomic E-state index is -0.614. The van der Waals surface area contributed by atoms with Crippen LogP contribution in [0.15, 0.2) is 0 Å². The molecule has 0 aromatic carbocycles. The fourth-order valence-corrected chi connectivity index (χ4v) is 1.41. The molecular weight excluding hydrogens is 248 g/mol. The summed E-state index contributed by atoms with van der Waals surface area (Å²) >= 11 is 0. The Bertz CT molecular complexity index is 208. The molecule has 0 aliphatic heterocycles. The number of carbonyl (C=O) groups is 1. The first-order chi connectivity index (χ1) is 9.20. The quantitative estimate of drug-likeness (QED) is 0.405. The SMILES string of the molecule is CCCCCCOC(=O)OCC(C)OCCOCC. The van der Waals surface area contributed by atoms with E-state index < -0.39 is 6.16 Å². The van der Waals surface area contributed by atoms with Gasteiger partial charge >= 0.3 is 6.16 Å². The summed E-state index contributed by atoms with van der Waals surface area (Å²) in [7, 11) is 0. The van der Waals surface area contributed by atoms with Crippen LogP contribution in [0.4, 0.5) is 4.79 Å². The average molecular weight is 276 g/mol. The molecule has 0 aromatic heterocycles. The van der Waals surface area contributed by atoms with Gasteiger partial charge in [-0.25, -0.2) is 4.79 Å². The van der Waals surface area contributed by atoms with Gasteiger partial charge in [0.2, 0.25) is 0 Å². The third kappa shape index (κ3) is 13.4. The molecule has 0 aliphatic carbocycles. The van der Waals surface area contributed by atoms with E-state index in [4.69, 9.17) is 18.9 Å². The van der Waals surface area contributed by atoms with Crippen molar-refractivity contribution in [3.63, 3.8) is 0 Å². The molecule has 114 valence electrons. The first-order valence-corrected chi connectivity index (χ1v) is 7.19. The normalized spacial score (nSPS) is 12.2. The van der Waals surface area contributed by atoms with Gasteiger partial charge in [0.05, 0.1) is 25.9 Å². The lowest BCUT2D eigenvalue weighted by molar-refractivity contribution is -0.0268. The Morgan fingerprint density at radius 1 is 1.00 bits per heavy atom. The summed E-state index contributed by atoms with van der Waals surface area (Å²) in [5, 5.41) is 0. The van der Waals surface area contributed by atoms with E-state index in [0.29, 0.717) is 26.4 Å². The van der Waals surface area contributed by atoms with E-state index in [1.807, 2.05) is 13.8 Å². The van der Waals surface area contributed by atoms with Crippen LogP contribution in [0.3, 0.4) is 0 Å². The number of hydrogen-bond acceptors (Lipinski definition) is 5. The molecule has 1 atom stereocenters. The molecule has 0 N–H and O–H groups in total. The molecule has 5 nitrogen and oxygen atoms in total. The van der Waals surface area contributed by atoms with E-state index >= 15 is 0 Å². The standard InChI is InChI=1S/C14H28O5/c1-4-6-7-8-9-18-14(15)19-12-13(3)17-11-10-16-5-2/h13H,4-12H2,1-3H3. The van der Waals surface area contributed by atoms with Gasteiger partial charge in [0.15, 0.2) is 0 Å². The van der Waals surface area contributed by atoms with E-state index in [1.165, 1.54) is 12.8 Å². The maximum atomic E-state index is 11.2. The zero-order valence-electron chi connectivity index (χ0n) is 12.5. The second-order valence-electron chi connectivity index (χ2n) is 4.35. The summed E-state index contributed by atoms with van der Waals surface area (Å²) in [6.07, 6.45) is 3.55. The highest BCUT2D eigenvalue weighted by molar-refractivity contribution is 5.59. The third-order valence-electron chi connectivity index (χ3n) is 2.49. The van der Waals surface area contributed by atoms with Crippen molar-refractivity contribution < 1.29 is 23.7 Å². The van der Waals surface area contributed by atoms with E-state index in [0.717, 1.165) is 12.8 Å². The molecule has 0 aliphatic rings. The number of hydrogen-bond donors (Lipinski definition) is 0. The van der Waals surface area contributed by atoms with Crippen molar-refractivity contribution in [2.24, 2.45) is 0 Å². The Morgan fingerprint density at radius 3 is 2.47 bits per heavy atom. The molecule has 0 heterocycles. The summed E-state index contributed by atoms with van der Waals surface area (Å²) in [5.41, 5.74) is 0. The fraction of sp³-hybridized carbons (Fsp3) is 0.929. The van der Waals surface area contributed by atoms with Crippen LogP contribution < -0.4 is 0 Å². The van der Waals surface area contributed by atoms with Crippen LogP contribution in [0.25, 0.3) is 0 Å². The maximum Gasteiger partial charge on any atom is 0.508 e. The summed E-state index contributed by atoms with van der Waals surface area (Å²) < 4.78 is 20.4. The molecule has 0 bridgehead atoms. The van der Waals surface area contributed by atoms with Gasteiger partial charge < -0.3 is 18.9 Å². The molecule has 0 radical (unpaired) electrons. The predicted molar refractivity (Wildman–Crippen MR) is 73.3 cm³/mol. The molecule has 0 fully saturated rings. The second-order valence-corrected chi connectivity index (χ2v) is 4.35. The lowest BCUT2D eigenvalue weighted by Gasteiger charge is -2.13. The largest absolute Gasteiger partial charge is 0.508 e.